The largest absolute Gasteiger partial charge is 0.504 e. The summed E-state index contributed by atoms with van der Waals surface area (Å²) in [6, 6.07) is 4.59. The standard InChI is InChI=1S/C11H14BrNO3/c1-7(6-12)13-11(15)8-3-4-10(16-2)9(14)5-8/h3-5,7,14H,6H2,1-2H3,(H,13,15). The smallest absolute Gasteiger partial charge is 0.251 e. The molecule has 5 heteroatoms. The molecule has 1 aromatic carbocycles. The molecule has 4 nitrogen and oxygen atoms in total. The van der Waals surface area contributed by atoms with Crippen LogP contribution in [0, 0.1) is 0 Å². The summed E-state index contributed by atoms with van der Waals surface area (Å²) in [4.78, 5) is 11.7. The summed E-state index contributed by atoms with van der Waals surface area (Å²) >= 11 is 3.27. The molecule has 2 N–H and O–H groups in total. The van der Waals surface area contributed by atoms with Crippen molar-refractivity contribution < 1.29 is 14.6 Å². The van der Waals surface area contributed by atoms with Crippen LogP contribution in [-0.2, 0) is 0 Å². The Morgan fingerprint density at radius 1 is 1.62 bits per heavy atom. The molecule has 16 heavy (non-hydrogen) atoms. The number of methoxy groups -OCH3 is 1. The second kappa shape index (κ2) is 5.75. The fourth-order valence-corrected chi connectivity index (χ4v) is 1.34. The van der Waals surface area contributed by atoms with Gasteiger partial charge in [0.15, 0.2) is 11.5 Å². The van der Waals surface area contributed by atoms with Crippen molar-refractivity contribution in [1.82, 2.24) is 5.32 Å². The van der Waals surface area contributed by atoms with Crippen molar-refractivity contribution in [3.8, 4) is 11.5 Å². The first kappa shape index (κ1) is 12.8. The lowest BCUT2D eigenvalue weighted by Gasteiger charge is -2.11. The van der Waals surface area contributed by atoms with Crippen molar-refractivity contribution in [2.75, 3.05) is 12.4 Å². The number of ether oxygens (including phenoxy) is 1. The monoisotopic (exact) mass is 287 g/mol. The van der Waals surface area contributed by atoms with E-state index in [2.05, 4.69) is 21.2 Å². The maximum Gasteiger partial charge on any atom is 0.251 e. The maximum absolute atomic E-state index is 11.7. The number of nitrogens with one attached hydrogen (secondary N) is 1. The minimum absolute atomic E-state index is 0.0387. The van der Waals surface area contributed by atoms with Gasteiger partial charge in [0.1, 0.15) is 0 Å². The van der Waals surface area contributed by atoms with Gasteiger partial charge in [0.05, 0.1) is 7.11 Å². The van der Waals surface area contributed by atoms with Crippen LogP contribution >= 0.6 is 15.9 Å². The van der Waals surface area contributed by atoms with Crippen LogP contribution in [0.2, 0.25) is 0 Å². The van der Waals surface area contributed by atoms with Gasteiger partial charge in [-0.1, -0.05) is 15.9 Å². The van der Waals surface area contributed by atoms with Crippen molar-refractivity contribution >= 4 is 21.8 Å². The highest BCUT2D eigenvalue weighted by molar-refractivity contribution is 9.09. The summed E-state index contributed by atoms with van der Waals surface area (Å²) in [5.41, 5.74) is 0.408. The van der Waals surface area contributed by atoms with Crippen LogP contribution < -0.4 is 10.1 Å². The van der Waals surface area contributed by atoms with E-state index in [1.807, 2.05) is 6.92 Å². The molecular formula is C11H14BrNO3. The van der Waals surface area contributed by atoms with E-state index in [9.17, 15) is 9.90 Å². The number of halogens is 1. The number of amides is 1. The van der Waals surface area contributed by atoms with Crippen molar-refractivity contribution in [2.45, 2.75) is 13.0 Å². The molecule has 1 rings (SSSR count). The normalized spacial score (nSPS) is 11.9. The highest BCUT2D eigenvalue weighted by atomic mass is 79.9. The second-order valence-electron chi connectivity index (χ2n) is 3.42. The molecule has 0 fully saturated rings. The molecule has 0 aliphatic carbocycles. The maximum atomic E-state index is 11.7. The van der Waals surface area contributed by atoms with E-state index in [0.717, 1.165) is 0 Å². The first-order valence-corrected chi connectivity index (χ1v) is 5.94. The highest BCUT2D eigenvalue weighted by Crippen LogP contribution is 2.26. The molecule has 0 aromatic heterocycles. The minimum Gasteiger partial charge on any atom is -0.504 e. The number of hydrogen-bond donors (Lipinski definition) is 2. The van der Waals surface area contributed by atoms with E-state index in [1.165, 1.54) is 13.2 Å². The van der Waals surface area contributed by atoms with Crippen LogP contribution in [0.15, 0.2) is 18.2 Å². The summed E-state index contributed by atoms with van der Waals surface area (Å²) in [5, 5.41) is 13.0. The summed E-state index contributed by atoms with van der Waals surface area (Å²) in [6.07, 6.45) is 0. The Balaban J connectivity index is 2.81. The van der Waals surface area contributed by atoms with E-state index in [0.29, 0.717) is 16.6 Å². The molecule has 1 unspecified atom stereocenters. The Hall–Kier alpha value is -1.23. The zero-order valence-corrected chi connectivity index (χ0v) is 10.7. The van der Waals surface area contributed by atoms with Gasteiger partial charge in [-0.2, -0.15) is 0 Å². The van der Waals surface area contributed by atoms with Gasteiger partial charge in [-0.3, -0.25) is 4.79 Å². The molecule has 0 heterocycles. The van der Waals surface area contributed by atoms with Gasteiger partial charge >= 0.3 is 0 Å². The number of alkyl halides is 1. The lowest BCUT2D eigenvalue weighted by molar-refractivity contribution is 0.0943. The average Bonchev–Trinajstić information content (AvgIpc) is 2.28. The number of carbonyl (C=O) groups excluding carboxylic acids is 1. The predicted molar refractivity (Wildman–Crippen MR) is 65.4 cm³/mol. The summed E-state index contributed by atoms with van der Waals surface area (Å²) in [7, 11) is 1.46. The van der Waals surface area contributed by atoms with Crippen LogP contribution in [0.4, 0.5) is 0 Å². The summed E-state index contributed by atoms with van der Waals surface area (Å²) in [5.74, 6) is 0.0941. The number of phenolic OH excluding ortho intramolecular Hbond substituents is 1. The lowest BCUT2D eigenvalue weighted by Crippen LogP contribution is -2.33. The average molecular weight is 288 g/mol. The molecule has 1 amide bonds. The molecule has 0 aliphatic rings. The van der Waals surface area contributed by atoms with E-state index in [-0.39, 0.29) is 17.7 Å². The van der Waals surface area contributed by atoms with Crippen molar-refractivity contribution in [2.24, 2.45) is 0 Å². The van der Waals surface area contributed by atoms with Crippen LogP contribution in [0.1, 0.15) is 17.3 Å². The van der Waals surface area contributed by atoms with Crippen LogP contribution in [0.25, 0.3) is 0 Å². The number of hydrogen-bond acceptors (Lipinski definition) is 3. The molecular weight excluding hydrogens is 274 g/mol. The number of aromatic hydroxyl groups is 1. The van der Waals surface area contributed by atoms with Gasteiger partial charge in [-0.25, -0.2) is 0 Å². The van der Waals surface area contributed by atoms with E-state index in [1.54, 1.807) is 12.1 Å². The van der Waals surface area contributed by atoms with Gasteiger partial charge < -0.3 is 15.2 Å². The van der Waals surface area contributed by atoms with Crippen LogP contribution in [-0.4, -0.2) is 29.5 Å². The van der Waals surface area contributed by atoms with E-state index >= 15 is 0 Å². The number of carbonyl (C=O) groups is 1. The molecule has 0 saturated heterocycles. The van der Waals surface area contributed by atoms with Gasteiger partial charge in [-0.15, -0.1) is 0 Å². The fraction of sp³-hybridized carbons (Fsp3) is 0.364. The van der Waals surface area contributed by atoms with Crippen LogP contribution in [0.5, 0.6) is 11.5 Å². The van der Waals surface area contributed by atoms with Crippen molar-refractivity contribution in [3.63, 3.8) is 0 Å². The number of rotatable bonds is 4. The van der Waals surface area contributed by atoms with Gasteiger partial charge in [0, 0.05) is 16.9 Å². The van der Waals surface area contributed by atoms with Gasteiger partial charge in [0.25, 0.3) is 5.91 Å². The zero-order valence-electron chi connectivity index (χ0n) is 9.16. The predicted octanol–water partition coefficient (Wildman–Crippen LogP) is 1.91. The quantitative estimate of drug-likeness (QED) is 0.832. The van der Waals surface area contributed by atoms with E-state index in [4.69, 9.17) is 4.74 Å². The first-order chi connectivity index (χ1) is 7.58. The Labute approximate surface area is 103 Å². The first-order valence-electron chi connectivity index (χ1n) is 4.82. The third-order valence-electron chi connectivity index (χ3n) is 2.05. The van der Waals surface area contributed by atoms with Gasteiger partial charge in [-0.05, 0) is 25.1 Å². The molecule has 0 spiro atoms. The SMILES string of the molecule is COc1ccc(C(=O)NC(C)CBr)cc1O. The fourth-order valence-electron chi connectivity index (χ4n) is 1.18. The van der Waals surface area contributed by atoms with Gasteiger partial charge in [0.2, 0.25) is 0 Å². The summed E-state index contributed by atoms with van der Waals surface area (Å²) in [6.45, 7) is 1.88. The molecule has 88 valence electrons. The molecule has 0 aliphatic heterocycles. The molecule has 0 radical (unpaired) electrons. The lowest BCUT2D eigenvalue weighted by atomic mass is 10.2. The Morgan fingerprint density at radius 3 is 2.81 bits per heavy atom. The Kier molecular flexibility index (Phi) is 4.61. The number of phenols is 1. The Morgan fingerprint density at radius 2 is 2.31 bits per heavy atom. The van der Waals surface area contributed by atoms with E-state index < -0.39 is 0 Å². The molecule has 1 atom stereocenters. The molecule has 0 bridgehead atoms. The van der Waals surface area contributed by atoms with Crippen molar-refractivity contribution in [3.05, 3.63) is 23.8 Å². The minimum atomic E-state index is -0.218. The Bertz CT molecular complexity index is 381. The highest BCUT2D eigenvalue weighted by Gasteiger charge is 2.11. The second-order valence-corrected chi connectivity index (χ2v) is 4.06. The van der Waals surface area contributed by atoms with Crippen LogP contribution in [0.3, 0.4) is 0 Å². The third-order valence-corrected chi connectivity index (χ3v) is 3.02. The third kappa shape index (κ3) is 3.13. The number of benzene rings is 1. The summed E-state index contributed by atoms with van der Waals surface area (Å²) < 4.78 is 4.89. The van der Waals surface area contributed by atoms with Crippen molar-refractivity contribution in [1.29, 1.82) is 0 Å². The topological polar surface area (TPSA) is 58.6 Å². The molecule has 1 aromatic rings. The zero-order chi connectivity index (χ0) is 12.1. The molecule has 0 saturated carbocycles.